The number of fused-ring (bicyclic) bond motifs is 1. The van der Waals surface area contributed by atoms with Gasteiger partial charge < -0.3 is 14.8 Å². The summed E-state index contributed by atoms with van der Waals surface area (Å²) in [5.41, 5.74) is 7.03. The quantitative estimate of drug-likeness (QED) is 0.471. The fourth-order valence-electron chi connectivity index (χ4n) is 3.80. The molecule has 0 saturated carbocycles. The van der Waals surface area contributed by atoms with Crippen molar-refractivity contribution in [2.75, 3.05) is 25.5 Å². The van der Waals surface area contributed by atoms with E-state index in [4.69, 9.17) is 5.41 Å². The van der Waals surface area contributed by atoms with Gasteiger partial charge in [0.05, 0.1) is 0 Å². The molecule has 0 radical (unpaired) electrons. The molecule has 3 aromatic rings. The van der Waals surface area contributed by atoms with Crippen LogP contribution in [0.1, 0.15) is 30.5 Å². The first kappa shape index (κ1) is 19.1. The standard InChI is InChI=1S/C25H28N4/c1-17(2)29(4)24(26)20-12-8-11-19(13-20)21-14-22-23(18-9-6-5-7-10-18)15-27-25(22)28(3)16-21/h5-15,17,26-27H,16H2,1-4H3. The van der Waals surface area contributed by atoms with Gasteiger partial charge in [-0.3, -0.25) is 5.41 Å². The van der Waals surface area contributed by atoms with Crippen molar-refractivity contribution in [2.24, 2.45) is 0 Å². The van der Waals surface area contributed by atoms with Crippen LogP contribution in [-0.4, -0.2) is 42.4 Å². The summed E-state index contributed by atoms with van der Waals surface area (Å²) in [4.78, 5) is 7.70. The highest BCUT2D eigenvalue weighted by atomic mass is 15.2. The molecule has 0 amide bonds. The number of rotatable bonds is 4. The lowest BCUT2D eigenvalue weighted by Crippen LogP contribution is -2.33. The van der Waals surface area contributed by atoms with Gasteiger partial charge in [-0.1, -0.05) is 48.5 Å². The topological polar surface area (TPSA) is 46.1 Å². The number of anilines is 1. The number of amidine groups is 1. The minimum atomic E-state index is 0.294. The lowest BCUT2D eigenvalue weighted by Gasteiger charge is -2.27. The Bertz CT molecular complexity index is 1060. The normalized spacial score (nSPS) is 13.3. The SMILES string of the molecule is CC(C)N(C)C(=N)c1cccc(C2=Cc3c(-c4ccccc4)c[nH]c3N(C)C2)c1. The average Bonchev–Trinajstić information content (AvgIpc) is 3.18. The second kappa shape index (κ2) is 7.63. The summed E-state index contributed by atoms with van der Waals surface area (Å²) in [6.07, 6.45) is 4.39. The molecule has 0 fully saturated rings. The molecule has 2 heterocycles. The highest BCUT2D eigenvalue weighted by Crippen LogP contribution is 2.38. The zero-order chi connectivity index (χ0) is 20.5. The molecular weight excluding hydrogens is 356 g/mol. The summed E-state index contributed by atoms with van der Waals surface area (Å²) in [6, 6.07) is 19.1. The number of nitrogens with zero attached hydrogens (tertiary/aromatic N) is 2. The molecule has 4 heteroatoms. The van der Waals surface area contributed by atoms with Gasteiger partial charge in [-0.25, -0.2) is 0 Å². The number of hydrogen-bond donors (Lipinski definition) is 2. The van der Waals surface area contributed by atoms with E-state index >= 15 is 0 Å². The molecule has 0 spiro atoms. The van der Waals surface area contributed by atoms with Crippen molar-refractivity contribution in [3.63, 3.8) is 0 Å². The van der Waals surface area contributed by atoms with E-state index in [0.29, 0.717) is 11.9 Å². The second-order valence-electron chi connectivity index (χ2n) is 7.99. The van der Waals surface area contributed by atoms with E-state index in [2.05, 4.69) is 85.5 Å². The Morgan fingerprint density at radius 3 is 2.52 bits per heavy atom. The van der Waals surface area contributed by atoms with Gasteiger partial charge in [0.1, 0.15) is 11.7 Å². The molecule has 0 atom stereocenters. The van der Waals surface area contributed by atoms with Crippen molar-refractivity contribution in [1.82, 2.24) is 9.88 Å². The Labute approximate surface area is 173 Å². The van der Waals surface area contributed by atoms with E-state index < -0.39 is 0 Å². The average molecular weight is 385 g/mol. The fraction of sp³-hybridized carbons (Fsp3) is 0.240. The maximum absolute atomic E-state index is 8.55. The number of nitrogens with one attached hydrogen (secondary N) is 2. The largest absolute Gasteiger partial charge is 0.357 e. The van der Waals surface area contributed by atoms with E-state index in [-0.39, 0.29) is 0 Å². The van der Waals surface area contributed by atoms with Gasteiger partial charge in [-0.2, -0.15) is 0 Å². The van der Waals surface area contributed by atoms with Crippen LogP contribution in [0.2, 0.25) is 0 Å². The Morgan fingerprint density at radius 1 is 1.07 bits per heavy atom. The zero-order valence-corrected chi connectivity index (χ0v) is 17.5. The third-order valence-corrected chi connectivity index (χ3v) is 5.73. The Morgan fingerprint density at radius 2 is 1.79 bits per heavy atom. The highest BCUT2D eigenvalue weighted by molar-refractivity contribution is 5.99. The van der Waals surface area contributed by atoms with Crippen molar-refractivity contribution in [3.05, 3.63) is 77.5 Å². The van der Waals surface area contributed by atoms with Crippen LogP contribution in [0.4, 0.5) is 5.82 Å². The number of hydrogen-bond acceptors (Lipinski definition) is 2. The van der Waals surface area contributed by atoms with Crippen LogP contribution >= 0.6 is 0 Å². The van der Waals surface area contributed by atoms with Gasteiger partial charge in [0.2, 0.25) is 0 Å². The van der Waals surface area contributed by atoms with Crippen molar-refractivity contribution < 1.29 is 0 Å². The molecule has 2 aromatic carbocycles. The van der Waals surface area contributed by atoms with Crippen molar-refractivity contribution in [1.29, 1.82) is 5.41 Å². The lowest BCUT2D eigenvalue weighted by molar-refractivity contribution is 0.416. The first-order valence-corrected chi connectivity index (χ1v) is 10.1. The van der Waals surface area contributed by atoms with Gasteiger partial charge in [-0.15, -0.1) is 0 Å². The van der Waals surface area contributed by atoms with Crippen LogP contribution in [0.15, 0.2) is 60.8 Å². The van der Waals surface area contributed by atoms with Crippen molar-refractivity contribution in [3.8, 4) is 11.1 Å². The molecule has 1 aliphatic rings. The predicted octanol–water partition coefficient (Wildman–Crippen LogP) is 5.34. The second-order valence-corrected chi connectivity index (χ2v) is 7.99. The minimum Gasteiger partial charge on any atom is -0.357 e. The van der Waals surface area contributed by atoms with E-state index in [9.17, 15) is 0 Å². The number of benzene rings is 2. The van der Waals surface area contributed by atoms with Crippen LogP contribution in [0.3, 0.4) is 0 Å². The van der Waals surface area contributed by atoms with E-state index in [1.165, 1.54) is 27.8 Å². The molecule has 1 aliphatic heterocycles. The summed E-state index contributed by atoms with van der Waals surface area (Å²) in [7, 11) is 4.10. The third-order valence-electron chi connectivity index (χ3n) is 5.73. The molecular formula is C25H28N4. The van der Waals surface area contributed by atoms with Crippen LogP contribution in [0.5, 0.6) is 0 Å². The summed E-state index contributed by atoms with van der Waals surface area (Å²) < 4.78 is 0. The van der Waals surface area contributed by atoms with Gasteiger partial charge in [0.25, 0.3) is 0 Å². The monoisotopic (exact) mass is 384 g/mol. The van der Waals surface area contributed by atoms with Gasteiger partial charge >= 0.3 is 0 Å². The molecule has 0 saturated heterocycles. The van der Waals surface area contributed by atoms with E-state index in [1.54, 1.807) is 0 Å². The highest BCUT2D eigenvalue weighted by Gasteiger charge is 2.21. The molecule has 148 valence electrons. The minimum absolute atomic E-state index is 0.294. The molecule has 4 nitrogen and oxygen atoms in total. The number of likely N-dealkylation sites (N-methyl/N-ethyl adjacent to an activating group) is 1. The van der Waals surface area contributed by atoms with Gasteiger partial charge in [0.15, 0.2) is 0 Å². The van der Waals surface area contributed by atoms with Crippen molar-refractivity contribution >= 4 is 23.3 Å². The third kappa shape index (κ3) is 3.58. The maximum atomic E-state index is 8.55. The molecule has 2 N–H and O–H groups in total. The van der Waals surface area contributed by atoms with Gasteiger partial charge in [0, 0.05) is 49.6 Å². The number of aromatic nitrogens is 1. The van der Waals surface area contributed by atoms with Crippen LogP contribution in [-0.2, 0) is 0 Å². The fourth-order valence-corrected chi connectivity index (χ4v) is 3.80. The first-order chi connectivity index (χ1) is 14.0. The van der Waals surface area contributed by atoms with Crippen molar-refractivity contribution in [2.45, 2.75) is 19.9 Å². The Kier molecular flexibility index (Phi) is 5.01. The molecule has 0 aliphatic carbocycles. The van der Waals surface area contributed by atoms with E-state index in [0.717, 1.165) is 17.9 Å². The molecule has 4 rings (SSSR count). The van der Waals surface area contributed by atoms with Crippen LogP contribution < -0.4 is 4.90 Å². The summed E-state index contributed by atoms with van der Waals surface area (Å²) in [6.45, 7) is 5.05. The van der Waals surface area contributed by atoms with Crippen LogP contribution in [0, 0.1) is 5.41 Å². The number of aromatic amines is 1. The molecule has 1 aromatic heterocycles. The summed E-state index contributed by atoms with van der Waals surface area (Å²) in [5, 5.41) is 8.55. The number of H-pyrrole nitrogens is 1. The summed E-state index contributed by atoms with van der Waals surface area (Å²) in [5.74, 6) is 1.70. The Hall–Kier alpha value is -3.27. The van der Waals surface area contributed by atoms with E-state index in [1.807, 2.05) is 24.1 Å². The molecule has 0 bridgehead atoms. The molecule has 29 heavy (non-hydrogen) atoms. The van der Waals surface area contributed by atoms with Crippen LogP contribution in [0.25, 0.3) is 22.8 Å². The maximum Gasteiger partial charge on any atom is 0.128 e. The Balaban J connectivity index is 1.74. The zero-order valence-electron chi connectivity index (χ0n) is 17.5. The van der Waals surface area contributed by atoms with Gasteiger partial charge in [-0.05, 0) is 42.7 Å². The molecule has 0 unspecified atom stereocenters. The predicted molar refractivity (Wildman–Crippen MR) is 124 cm³/mol. The first-order valence-electron chi connectivity index (χ1n) is 10.1. The smallest absolute Gasteiger partial charge is 0.128 e. The lowest BCUT2D eigenvalue weighted by atomic mass is 9.95. The summed E-state index contributed by atoms with van der Waals surface area (Å²) >= 11 is 0.